The van der Waals surface area contributed by atoms with E-state index in [1.165, 1.54) is 31.3 Å². The van der Waals surface area contributed by atoms with Crippen LogP contribution in [0.3, 0.4) is 0 Å². The summed E-state index contributed by atoms with van der Waals surface area (Å²) >= 11 is 0. The molecule has 9 heteroatoms. The van der Waals surface area contributed by atoms with Gasteiger partial charge in [-0.05, 0) is 49.7 Å². The van der Waals surface area contributed by atoms with Crippen molar-refractivity contribution in [2.24, 2.45) is 5.92 Å². The monoisotopic (exact) mass is 515 g/mol. The number of methoxy groups -OCH3 is 2. The highest BCUT2D eigenvalue weighted by Crippen LogP contribution is 2.38. The van der Waals surface area contributed by atoms with Gasteiger partial charge in [0.25, 0.3) is 0 Å². The molecule has 0 saturated carbocycles. The number of carbonyl (C=O) groups excluding carboxylic acids is 2. The molecule has 0 bridgehead atoms. The van der Waals surface area contributed by atoms with E-state index in [-0.39, 0.29) is 17.6 Å². The van der Waals surface area contributed by atoms with Gasteiger partial charge in [-0.15, -0.1) is 0 Å². The molecule has 3 aromatic carbocycles. The molecular formula is C29H26FN3O5. The van der Waals surface area contributed by atoms with Crippen LogP contribution in [0, 0.1) is 18.7 Å². The number of nitrogens with zero attached hydrogens (tertiary/aromatic N) is 2. The number of ether oxygens (including phenoxy) is 3. The van der Waals surface area contributed by atoms with Crippen molar-refractivity contribution in [3.8, 4) is 23.0 Å². The number of carbonyl (C=O) groups is 2. The van der Waals surface area contributed by atoms with Gasteiger partial charge in [-0.3, -0.25) is 14.6 Å². The molecule has 0 radical (unpaired) electrons. The molecule has 8 nitrogen and oxygen atoms in total. The van der Waals surface area contributed by atoms with Gasteiger partial charge in [-0.2, -0.15) is 0 Å². The molecule has 1 aliphatic heterocycles. The standard InChI is InChI=1S/C29H26FN3O5/c1-17-4-6-18(7-5-17)32-28(34)20-11-13-33(29(20)35)19-8-9-25(22(30)14-19)38-24-10-12-31-23-16-27(37-3)26(36-2)15-21(23)24/h4-10,12,14-16,20H,11,13H2,1-3H3,(H,32,34). The van der Waals surface area contributed by atoms with Gasteiger partial charge in [0.2, 0.25) is 11.8 Å². The Morgan fingerprint density at radius 1 is 0.974 bits per heavy atom. The number of benzene rings is 3. The number of aryl methyl sites for hydroxylation is 1. The first-order chi connectivity index (χ1) is 18.4. The fourth-order valence-electron chi connectivity index (χ4n) is 4.44. The first-order valence-corrected chi connectivity index (χ1v) is 12.0. The number of anilines is 2. The van der Waals surface area contributed by atoms with Crippen LogP contribution in [0.5, 0.6) is 23.0 Å². The molecule has 2 heterocycles. The summed E-state index contributed by atoms with van der Waals surface area (Å²) in [5.41, 5.74) is 2.64. The first-order valence-electron chi connectivity index (χ1n) is 12.0. The fraction of sp³-hybridized carbons (Fsp3) is 0.207. The summed E-state index contributed by atoms with van der Waals surface area (Å²) < 4.78 is 31.7. The predicted octanol–water partition coefficient (Wildman–Crippen LogP) is 5.48. The minimum atomic E-state index is -0.842. The zero-order chi connectivity index (χ0) is 26.8. The van der Waals surface area contributed by atoms with Crippen LogP contribution in [0.15, 0.2) is 66.9 Å². The van der Waals surface area contributed by atoms with Gasteiger partial charge in [0.1, 0.15) is 11.7 Å². The van der Waals surface area contributed by atoms with Crippen LogP contribution in [-0.2, 0) is 9.59 Å². The first kappa shape index (κ1) is 25.0. The Bertz CT molecular complexity index is 1520. The van der Waals surface area contributed by atoms with Crippen molar-refractivity contribution in [2.75, 3.05) is 31.0 Å². The van der Waals surface area contributed by atoms with Crippen molar-refractivity contribution in [2.45, 2.75) is 13.3 Å². The Kier molecular flexibility index (Phi) is 6.83. The number of nitrogens with one attached hydrogen (secondary N) is 1. The van der Waals surface area contributed by atoms with E-state index in [4.69, 9.17) is 14.2 Å². The normalized spacial score (nSPS) is 15.0. The lowest BCUT2D eigenvalue weighted by atomic mass is 10.1. The van der Waals surface area contributed by atoms with E-state index in [0.717, 1.165) is 5.56 Å². The maximum absolute atomic E-state index is 15.2. The number of pyridine rings is 1. The third-order valence-electron chi connectivity index (χ3n) is 6.50. The summed E-state index contributed by atoms with van der Waals surface area (Å²) in [7, 11) is 3.06. The molecule has 5 rings (SSSR count). The van der Waals surface area contributed by atoms with Crippen LogP contribution >= 0.6 is 0 Å². The predicted molar refractivity (Wildman–Crippen MR) is 142 cm³/mol. The second kappa shape index (κ2) is 10.4. The minimum Gasteiger partial charge on any atom is -0.493 e. The molecule has 194 valence electrons. The molecule has 4 aromatic rings. The molecule has 1 aliphatic rings. The molecule has 1 aromatic heterocycles. The number of halogens is 1. The molecule has 1 atom stereocenters. The second-order valence-corrected chi connectivity index (χ2v) is 8.94. The SMILES string of the molecule is COc1cc2nccc(Oc3ccc(N4CCC(C(=O)Nc5ccc(C)cc5)C4=O)cc3F)c2cc1OC. The molecule has 1 unspecified atom stereocenters. The summed E-state index contributed by atoms with van der Waals surface area (Å²) in [5, 5.41) is 3.41. The molecule has 1 N–H and O–H groups in total. The minimum absolute atomic E-state index is 0.0173. The van der Waals surface area contributed by atoms with E-state index in [1.54, 1.807) is 42.6 Å². The Morgan fingerprint density at radius 3 is 2.42 bits per heavy atom. The summed E-state index contributed by atoms with van der Waals surface area (Å²) in [5.74, 6) is -0.867. The highest BCUT2D eigenvalue weighted by Gasteiger charge is 2.38. The largest absolute Gasteiger partial charge is 0.493 e. The molecule has 38 heavy (non-hydrogen) atoms. The van der Waals surface area contributed by atoms with Gasteiger partial charge >= 0.3 is 0 Å². The molecule has 2 amide bonds. The Balaban J connectivity index is 1.33. The zero-order valence-corrected chi connectivity index (χ0v) is 21.2. The van der Waals surface area contributed by atoms with Crippen LogP contribution in [0.4, 0.5) is 15.8 Å². The summed E-state index contributed by atoms with van der Waals surface area (Å²) in [6.45, 7) is 2.26. The van der Waals surface area contributed by atoms with Gasteiger partial charge in [0, 0.05) is 41.6 Å². The van der Waals surface area contributed by atoms with E-state index in [1.807, 2.05) is 19.1 Å². The summed E-state index contributed by atoms with van der Waals surface area (Å²) in [6, 6.07) is 16.7. The van der Waals surface area contributed by atoms with Gasteiger partial charge in [0.15, 0.2) is 23.1 Å². The van der Waals surface area contributed by atoms with E-state index < -0.39 is 11.7 Å². The maximum Gasteiger partial charge on any atom is 0.239 e. The van der Waals surface area contributed by atoms with Crippen molar-refractivity contribution < 1.29 is 28.2 Å². The van der Waals surface area contributed by atoms with Gasteiger partial charge in [0.05, 0.1) is 19.7 Å². The summed E-state index contributed by atoms with van der Waals surface area (Å²) in [6.07, 6.45) is 1.89. The van der Waals surface area contributed by atoms with E-state index >= 15 is 4.39 Å². The van der Waals surface area contributed by atoms with Crippen molar-refractivity contribution in [1.82, 2.24) is 4.98 Å². The van der Waals surface area contributed by atoms with Crippen molar-refractivity contribution >= 4 is 34.1 Å². The van der Waals surface area contributed by atoms with Crippen molar-refractivity contribution in [3.63, 3.8) is 0 Å². The van der Waals surface area contributed by atoms with Crippen LogP contribution < -0.4 is 24.4 Å². The number of hydrogen-bond acceptors (Lipinski definition) is 6. The van der Waals surface area contributed by atoms with Crippen LogP contribution in [0.1, 0.15) is 12.0 Å². The highest BCUT2D eigenvalue weighted by atomic mass is 19.1. The van der Waals surface area contributed by atoms with Gasteiger partial charge in [-0.25, -0.2) is 4.39 Å². The van der Waals surface area contributed by atoms with Gasteiger partial charge in [-0.1, -0.05) is 17.7 Å². The number of fused-ring (bicyclic) bond motifs is 1. The lowest BCUT2D eigenvalue weighted by Crippen LogP contribution is -2.33. The van der Waals surface area contributed by atoms with Crippen LogP contribution in [0.25, 0.3) is 10.9 Å². The number of amides is 2. The topological polar surface area (TPSA) is 90.0 Å². The Hall–Kier alpha value is -4.66. The smallest absolute Gasteiger partial charge is 0.239 e. The third-order valence-corrected chi connectivity index (χ3v) is 6.50. The lowest BCUT2D eigenvalue weighted by Gasteiger charge is -2.18. The van der Waals surface area contributed by atoms with E-state index in [0.29, 0.717) is 52.5 Å². The number of aromatic nitrogens is 1. The van der Waals surface area contributed by atoms with Gasteiger partial charge < -0.3 is 24.4 Å². The van der Waals surface area contributed by atoms with Crippen LogP contribution in [0.2, 0.25) is 0 Å². The Labute approximate surface area is 218 Å². The van der Waals surface area contributed by atoms with Crippen LogP contribution in [-0.4, -0.2) is 37.6 Å². The quantitative estimate of drug-likeness (QED) is 0.328. The zero-order valence-electron chi connectivity index (χ0n) is 21.2. The van der Waals surface area contributed by atoms with E-state index in [9.17, 15) is 9.59 Å². The number of hydrogen-bond donors (Lipinski definition) is 1. The lowest BCUT2D eigenvalue weighted by molar-refractivity contribution is -0.129. The highest BCUT2D eigenvalue weighted by molar-refractivity contribution is 6.13. The molecule has 1 fully saturated rings. The summed E-state index contributed by atoms with van der Waals surface area (Å²) in [4.78, 5) is 31.5. The maximum atomic E-state index is 15.2. The number of rotatable bonds is 7. The van der Waals surface area contributed by atoms with E-state index in [2.05, 4.69) is 10.3 Å². The molecule has 1 saturated heterocycles. The van der Waals surface area contributed by atoms with Crippen molar-refractivity contribution in [3.05, 3.63) is 78.2 Å². The average molecular weight is 516 g/mol. The second-order valence-electron chi connectivity index (χ2n) is 8.94. The Morgan fingerprint density at radius 2 is 1.71 bits per heavy atom. The molecular weight excluding hydrogens is 489 g/mol. The van der Waals surface area contributed by atoms with Crippen molar-refractivity contribution in [1.29, 1.82) is 0 Å². The third kappa shape index (κ3) is 4.82. The fourth-order valence-corrected chi connectivity index (χ4v) is 4.44. The molecule has 0 spiro atoms. The average Bonchev–Trinajstić information content (AvgIpc) is 3.31. The molecule has 0 aliphatic carbocycles.